The maximum Gasteiger partial charge on any atom is 0.254 e. The van der Waals surface area contributed by atoms with Crippen LogP contribution in [0.2, 0.25) is 0 Å². The van der Waals surface area contributed by atoms with Gasteiger partial charge in [0.05, 0.1) is 23.1 Å². The Balaban J connectivity index is 1.94. The van der Waals surface area contributed by atoms with E-state index in [1.54, 1.807) is 10.9 Å². The molecular formula is C16H20N4O2. The Morgan fingerprint density at radius 3 is 2.50 bits per heavy atom. The number of para-hydroxylation sites is 1. The van der Waals surface area contributed by atoms with Gasteiger partial charge in [-0.25, -0.2) is 4.68 Å². The molecule has 2 aromatic rings. The number of carbonyl (C=O) groups excluding carboxylic acids is 2. The Morgan fingerprint density at radius 2 is 1.82 bits per heavy atom. The Labute approximate surface area is 129 Å². The van der Waals surface area contributed by atoms with E-state index in [4.69, 9.17) is 0 Å². The molecule has 2 rings (SSSR count). The van der Waals surface area contributed by atoms with Crippen LogP contribution in [0.3, 0.4) is 0 Å². The lowest BCUT2D eigenvalue weighted by molar-refractivity contribution is -0.118. The zero-order chi connectivity index (χ0) is 15.9. The summed E-state index contributed by atoms with van der Waals surface area (Å²) in [6.07, 6.45) is 2.27. The number of hydrogen-bond acceptors (Lipinski definition) is 3. The van der Waals surface area contributed by atoms with Crippen LogP contribution in [0.4, 0.5) is 0 Å². The Kier molecular flexibility index (Phi) is 5.30. The lowest BCUT2D eigenvalue weighted by atomic mass is 10.2. The highest BCUT2D eigenvalue weighted by atomic mass is 16.2. The van der Waals surface area contributed by atoms with Crippen LogP contribution >= 0.6 is 0 Å². The molecule has 0 aliphatic rings. The van der Waals surface area contributed by atoms with Crippen molar-refractivity contribution in [3.63, 3.8) is 0 Å². The van der Waals surface area contributed by atoms with E-state index >= 15 is 0 Å². The van der Waals surface area contributed by atoms with Crippen LogP contribution in [0.1, 0.15) is 29.4 Å². The topological polar surface area (TPSA) is 76.0 Å². The number of aromatic nitrogens is 2. The molecule has 0 atom stereocenters. The maximum atomic E-state index is 12.2. The normalized spacial score (nSPS) is 10.3. The minimum absolute atomic E-state index is 0.0636. The predicted octanol–water partition coefficient (Wildman–Crippen LogP) is 1.44. The number of nitrogens with one attached hydrogen (secondary N) is 2. The van der Waals surface area contributed by atoms with Crippen molar-refractivity contribution in [2.45, 2.75) is 20.3 Å². The summed E-state index contributed by atoms with van der Waals surface area (Å²) < 4.78 is 1.74. The largest absolute Gasteiger partial charge is 0.356 e. The van der Waals surface area contributed by atoms with Crippen molar-refractivity contribution in [3.05, 3.63) is 47.8 Å². The van der Waals surface area contributed by atoms with Crippen molar-refractivity contribution in [3.8, 4) is 5.69 Å². The van der Waals surface area contributed by atoms with Gasteiger partial charge in [-0.1, -0.05) is 18.2 Å². The molecule has 6 heteroatoms. The second-order valence-corrected chi connectivity index (χ2v) is 4.98. The zero-order valence-electron chi connectivity index (χ0n) is 12.8. The monoisotopic (exact) mass is 300 g/mol. The summed E-state index contributed by atoms with van der Waals surface area (Å²) in [4.78, 5) is 22.9. The zero-order valence-corrected chi connectivity index (χ0v) is 12.8. The molecule has 0 saturated carbocycles. The summed E-state index contributed by atoms with van der Waals surface area (Å²) in [6, 6.07) is 9.67. The fourth-order valence-electron chi connectivity index (χ4n) is 2.11. The highest BCUT2D eigenvalue weighted by molar-refractivity contribution is 5.95. The first-order valence-electron chi connectivity index (χ1n) is 7.22. The highest BCUT2D eigenvalue weighted by Crippen LogP contribution is 2.13. The summed E-state index contributed by atoms with van der Waals surface area (Å²) >= 11 is 0. The molecule has 1 aromatic heterocycles. The molecule has 0 unspecified atom stereocenters. The van der Waals surface area contributed by atoms with Crippen LogP contribution in [0.25, 0.3) is 5.69 Å². The van der Waals surface area contributed by atoms with Crippen LogP contribution in [0.15, 0.2) is 36.5 Å². The van der Waals surface area contributed by atoms with Gasteiger partial charge in [-0.15, -0.1) is 0 Å². The Hall–Kier alpha value is -2.63. The molecule has 1 heterocycles. The number of hydrogen-bond donors (Lipinski definition) is 2. The number of amides is 2. The molecule has 0 radical (unpaired) electrons. The van der Waals surface area contributed by atoms with Gasteiger partial charge in [-0.3, -0.25) is 9.59 Å². The first kappa shape index (κ1) is 15.8. The van der Waals surface area contributed by atoms with E-state index in [0.29, 0.717) is 25.1 Å². The molecule has 2 amide bonds. The highest BCUT2D eigenvalue weighted by Gasteiger charge is 2.14. The summed E-state index contributed by atoms with van der Waals surface area (Å²) in [5.74, 6) is -0.214. The van der Waals surface area contributed by atoms with Gasteiger partial charge in [0, 0.05) is 20.0 Å². The van der Waals surface area contributed by atoms with Gasteiger partial charge in [-0.05, 0) is 25.5 Å². The van der Waals surface area contributed by atoms with Crippen LogP contribution in [-0.4, -0.2) is 34.7 Å². The molecule has 116 valence electrons. The standard InChI is InChI=1S/C16H20N4O2/c1-12-15(16(22)18-10-6-9-17-13(2)21)11-19-20(12)14-7-4-3-5-8-14/h3-5,7-8,11H,6,9-10H2,1-2H3,(H,17,21)(H,18,22). The molecule has 22 heavy (non-hydrogen) atoms. The number of carbonyl (C=O) groups is 2. The fourth-order valence-corrected chi connectivity index (χ4v) is 2.11. The third-order valence-electron chi connectivity index (χ3n) is 3.27. The average Bonchev–Trinajstić information content (AvgIpc) is 2.89. The second-order valence-electron chi connectivity index (χ2n) is 4.98. The smallest absolute Gasteiger partial charge is 0.254 e. The van der Waals surface area contributed by atoms with Crippen molar-refractivity contribution >= 4 is 11.8 Å². The van der Waals surface area contributed by atoms with Crippen LogP contribution < -0.4 is 10.6 Å². The van der Waals surface area contributed by atoms with E-state index in [1.807, 2.05) is 37.3 Å². The van der Waals surface area contributed by atoms with Crippen molar-refractivity contribution in [1.82, 2.24) is 20.4 Å². The SMILES string of the molecule is CC(=O)NCCCNC(=O)c1cnn(-c2ccccc2)c1C. The molecule has 0 fully saturated rings. The molecular weight excluding hydrogens is 280 g/mol. The lowest BCUT2D eigenvalue weighted by Crippen LogP contribution is -2.29. The summed E-state index contributed by atoms with van der Waals surface area (Å²) in [7, 11) is 0. The van der Waals surface area contributed by atoms with Crippen LogP contribution in [0, 0.1) is 6.92 Å². The average molecular weight is 300 g/mol. The van der Waals surface area contributed by atoms with Crippen LogP contribution in [0.5, 0.6) is 0 Å². The first-order chi connectivity index (χ1) is 10.6. The molecule has 1 aromatic carbocycles. The van der Waals surface area contributed by atoms with Gasteiger partial charge in [0.1, 0.15) is 0 Å². The van der Waals surface area contributed by atoms with Crippen molar-refractivity contribution < 1.29 is 9.59 Å². The molecule has 0 bridgehead atoms. The van der Waals surface area contributed by atoms with Gasteiger partial charge in [0.15, 0.2) is 0 Å². The quantitative estimate of drug-likeness (QED) is 0.793. The predicted molar refractivity (Wildman–Crippen MR) is 83.9 cm³/mol. The third-order valence-corrected chi connectivity index (χ3v) is 3.27. The Morgan fingerprint density at radius 1 is 1.14 bits per heavy atom. The van der Waals surface area contributed by atoms with E-state index in [-0.39, 0.29) is 11.8 Å². The maximum absolute atomic E-state index is 12.2. The van der Waals surface area contributed by atoms with E-state index < -0.39 is 0 Å². The minimum atomic E-state index is -0.150. The summed E-state index contributed by atoms with van der Waals surface area (Å²) in [5, 5.41) is 9.80. The first-order valence-corrected chi connectivity index (χ1v) is 7.22. The van der Waals surface area contributed by atoms with Crippen molar-refractivity contribution in [2.75, 3.05) is 13.1 Å². The van der Waals surface area contributed by atoms with Gasteiger partial charge >= 0.3 is 0 Å². The molecule has 6 nitrogen and oxygen atoms in total. The van der Waals surface area contributed by atoms with Crippen molar-refractivity contribution in [2.24, 2.45) is 0 Å². The molecule has 0 saturated heterocycles. The van der Waals surface area contributed by atoms with E-state index in [9.17, 15) is 9.59 Å². The van der Waals surface area contributed by atoms with E-state index in [0.717, 1.165) is 11.4 Å². The fraction of sp³-hybridized carbons (Fsp3) is 0.312. The molecule has 0 aliphatic carbocycles. The molecule has 0 aliphatic heterocycles. The van der Waals surface area contributed by atoms with Gasteiger partial charge < -0.3 is 10.6 Å². The summed E-state index contributed by atoms with van der Waals surface area (Å²) in [6.45, 7) is 4.40. The number of nitrogens with zero attached hydrogens (tertiary/aromatic N) is 2. The second kappa shape index (κ2) is 7.40. The van der Waals surface area contributed by atoms with Gasteiger partial charge in [0.25, 0.3) is 5.91 Å². The third kappa shape index (κ3) is 3.94. The van der Waals surface area contributed by atoms with E-state index in [2.05, 4.69) is 15.7 Å². The Bertz CT molecular complexity index is 649. The lowest BCUT2D eigenvalue weighted by Gasteiger charge is -2.07. The van der Waals surface area contributed by atoms with E-state index in [1.165, 1.54) is 6.92 Å². The number of rotatable bonds is 6. The number of benzene rings is 1. The minimum Gasteiger partial charge on any atom is -0.356 e. The van der Waals surface area contributed by atoms with Crippen LogP contribution in [-0.2, 0) is 4.79 Å². The van der Waals surface area contributed by atoms with Crippen molar-refractivity contribution in [1.29, 1.82) is 0 Å². The summed E-state index contributed by atoms with van der Waals surface area (Å²) in [5.41, 5.74) is 2.28. The molecule has 0 spiro atoms. The molecule has 2 N–H and O–H groups in total. The van der Waals surface area contributed by atoms with Gasteiger partial charge in [-0.2, -0.15) is 5.10 Å². The van der Waals surface area contributed by atoms with Gasteiger partial charge in [0.2, 0.25) is 5.91 Å².